The second-order valence-corrected chi connectivity index (χ2v) is 8.23. The van der Waals surface area contributed by atoms with E-state index >= 15 is 0 Å². The van der Waals surface area contributed by atoms with Crippen LogP contribution in [0, 0.1) is 20.8 Å². The summed E-state index contributed by atoms with van der Waals surface area (Å²) in [5.74, 6) is 0. The van der Waals surface area contributed by atoms with Crippen LogP contribution in [-0.4, -0.2) is 13.4 Å². The van der Waals surface area contributed by atoms with Crippen LogP contribution in [0.3, 0.4) is 0 Å². The van der Waals surface area contributed by atoms with E-state index in [4.69, 9.17) is 5.73 Å². The Balaban J connectivity index is 2.46. The molecule has 0 aliphatic rings. The van der Waals surface area contributed by atoms with Crippen LogP contribution in [0.2, 0.25) is 0 Å². The highest BCUT2D eigenvalue weighted by atomic mass is 79.9. The average molecular weight is 376 g/mol. The molecule has 1 aromatic carbocycles. The van der Waals surface area contributed by atoms with Gasteiger partial charge in [0.2, 0.25) is 0 Å². The highest BCUT2D eigenvalue weighted by Crippen LogP contribution is 2.32. The van der Waals surface area contributed by atoms with Crippen LogP contribution >= 0.6 is 27.3 Å². The van der Waals surface area contributed by atoms with Gasteiger partial charge in [0.15, 0.2) is 9.34 Å². The molecule has 1 aromatic heterocycles. The zero-order chi connectivity index (χ0) is 15.1. The van der Waals surface area contributed by atoms with Crippen molar-refractivity contribution in [2.75, 3.05) is 10.5 Å². The molecule has 2 rings (SSSR count). The lowest BCUT2D eigenvalue weighted by Crippen LogP contribution is -2.14. The van der Waals surface area contributed by atoms with Gasteiger partial charge in [-0.15, -0.1) is 0 Å². The molecule has 1 heterocycles. The molecule has 0 saturated carbocycles. The van der Waals surface area contributed by atoms with Gasteiger partial charge in [-0.2, -0.15) is 0 Å². The summed E-state index contributed by atoms with van der Waals surface area (Å²) in [4.78, 5) is 3.94. The number of thiazole rings is 1. The van der Waals surface area contributed by atoms with E-state index in [2.05, 4.69) is 25.6 Å². The van der Waals surface area contributed by atoms with Gasteiger partial charge in [-0.1, -0.05) is 17.4 Å². The number of rotatable bonds is 3. The van der Waals surface area contributed by atoms with E-state index in [-0.39, 0.29) is 9.34 Å². The predicted octanol–water partition coefficient (Wildman–Crippen LogP) is 3.21. The van der Waals surface area contributed by atoms with Gasteiger partial charge in [0.05, 0.1) is 11.4 Å². The maximum Gasteiger partial charge on any atom is 0.273 e. The van der Waals surface area contributed by atoms with Crippen LogP contribution in [-0.2, 0) is 10.0 Å². The van der Waals surface area contributed by atoms with Crippen LogP contribution < -0.4 is 10.5 Å². The number of nitrogens with two attached hydrogens (primary N) is 1. The summed E-state index contributed by atoms with van der Waals surface area (Å²) in [6.45, 7) is 5.42. The van der Waals surface area contributed by atoms with Crippen molar-refractivity contribution in [3.8, 4) is 0 Å². The topological polar surface area (TPSA) is 85.1 Å². The van der Waals surface area contributed by atoms with E-state index in [9.17, 15) is 8.42 Å². The molecule has 8 heteroatoms. The number of nitrogen functional groups attached to an aromatic ring is 1. The zero-order valence-electron chi connectivity index (χ0n) is 11.2. The zero-order valence-corrected chi connectivity index (χ0v) is 14.4. The van der Waals surface area contributed by atoms with Crippen molar-refractivity contribution in [2.24, 2.45) is 0 Å². The van der Waals surface area contributed by atoms with E-state index in [0.717, 1.165) is 22.5 Å². The number of hydrogen-bond acceptors (Lipinski definition) is 5. The van der Waals surface area contributed by atoms with Gasteiger partial charge in [-0.3, -0.25) is 4.72 Å². The monoisotopic (exact) mass is 375 g/mol. The maximum absolute atomic E-state index is 12.4. The number of nitrogens with one attached hydrogen (secondary N) is 1. The number of benzene rings is 1. The number of halogens is 1. The molecular formula is C12H14BrN3O2S2. The molecule has 108 valence electrons. The molecule has 20 heavy (non-hydrogen) atoms. The molecular weight excluding hydrogens is 362 g/mol. The highest BCUT2D eigenvalue weighted by molar-refractivity contribution is 9.10. The Morgan fingerprint density at radius 3 is 2.45 bits per heavy atom. The third kappa shape index (κ3) is 2.97. The molecule has 0 aliphatic heterocycles. The molecule has 0 fully saturated rings. The fourth-order valence-electron chi connectivity index (χ4n) is 1.88. The Morgan fingerprint density at radius 1 is 1.30 bits per heavy atom. The molecule has 5 nitrogen and oxygen atoms in total. The first-order chi connectivity index (χ1) is 9.20. The predicted molar refractivity (Wildman–Crippen MR) is 85.7 cm³/mol. The lowest BCUT2D eigenvalue weighted by molar-refractivity contribution is 0.602. The molecule has 0 unspecified atom stereocenters. The third-order valence-electron chi connectivity index (χ3n) is 2.68. The van der Waals surface area contributed by atoms with Crippen LogP contribution in [0.15, 0.2) is 20.8 Å². The summed E-state index contributed by atoms with van der Waals surface area (Å²) in [5, 5.41) is 0.238. The number of sulfonamides is 1. The van der Waals surface area contributed by atoms with Gasteiger partial charge < -0.3 is 5.73 Å². The molecule has 0 atom stereocenters. The summed E-state index contributed by atoms with van der Waals surface area (Å²) in [6.07, 6.45) is 0. The molecule has 0 spiro atoms. The minimum absolute atomic E-state index is 0.141. The van der Waals surface area contributed by atoms with Gasteiger partial charge in [-0.05, 0) is 53.9 Å². The Labute approximate surface area is 130 Å². The van der Waals surface area contributed by atoms with Crippen LogP contribution in [0.4, 0.5) is 10.8 Å². The minimum atomic E-state index is -3.69. The first kappa shape index (κ1) is 15.3. The summed E-state index contributed by atoms with van der Waals surface area (Å²) in [7, 11) is -3.69. The number of nitrogens with zero attached hydrogens (tertiary/aromatic N) is 1. The van der Waals surface area contributed by atoms with Crippen molar-refractivity contribution < 1.29 is 8.42 Å². The number of aryl methyl sites for hydroxylation is 3. The van der Waals surface area contributed by atoms with Crippen molar-refractivity contribution in [3.63, 3.8) is 0 Å². The number of anilines is 2. The third-order valence-corrected chi connectivity index (χ3v) is 6.25. The highest BCUT2D eigenvalue weighted by Gasteiger charge is 2.23. The van der Waals surface area contributed by atoms with E-state index in [1.54, 1.807) is 6.92 Å². The Kier molecular flexibility index (Phi) is 4.08. The van der Waals surface area contributed by atoms with Crippen molar-refractivity contribution >= 4 is 48.1 Å². The first-order valence-electron chi connectivity index (χ1n) is 5.73. The second kappa shape index (κ2) is 5.34. The second-order valence-electron chi connectivity index (χ2n) is 4.47. The van der Waals surface area contributed by atoms with E-state index < -0.39 is 10.0 Å². The molecule has 0 bridgehead atoms. The molecule has 2 aromatic rings. The maximum atomic E-state index is 12.4. The number of hydrogen-bond donors (Lipinski definition) is 2. The molecule has 0 amide bonds. The van der Waals surface area contributed by atoms with Crippen LogP contribution in [0.5, 0.6) is 0 Å². The number of aromatic nitrogens is 1. The van der Waals surface area contributed by atoms with Crippen molar-refractivity contribution in [1.29, 1.82) is 0 Å². The molecule has 0 radical (unpaired) electrons. The smallest absolute Gasteiger partial charge is 0.273 e. The fourth-order valence-corrected chi connectivity index (χ4v) is 5.23. The lowest BCUT2D eigenvalue weighted by Gasteiger charge is -2.12. The van der Waals surface area contributed by atoms with Crippen molar-refractivity contribution in [2.45, 2.75) is 25.0 Å². The van der Waals surface area contributed by atoms with Gasteiger partial charge in [0, 0.05) is 4.47 Å². The Hall–Kier alpha value is -1.12. The Bertz CT molecular complexity index is 746. The summed E-state index contributed by atoms with van der Waals surface area (Å²) >= 11 is 4.34. The van der Waals surface area contributed by atoms with Crippen LogP contribution in [0.1, 0.15) is 16.8 Å². The molecule has 0 saturated heterocycles. The molecule has 0 aliphatic carbocycles. The van der Waals surface area contributed by atoms with Crippen molar-refractivity contribution in [3.05, 3.63) is 33.4 Å². The lowest BCUT2D eigenvalue weighted by atomic mass is 10.1. The summed E-state index contributed by atoms with van der Waals surface area (Å²) in [5.41, 5.74) is 8.38. The summed E-state index contributed by atoms with van der Waals surface area (Å²) in [6, 6.07) is 3.77. The normalized spacial score (nSPS) is 11.6. The van der Waals surface area contributed by atoms with Gasteiger partial charge >= 0.3 is 0 Å². The largest absolute Gasteiger partial charge is 0.375 e. The van der Waals surface area contributed by atoms with Crippen LogP contribution in [0.25, 0.3) is 0 Å². The van der Waals surface area contributed by atoms with E-state index in [1.807, 2.05) is 26.0 Å². The SMILES string of the molecule is Cc1cc(C)c(NS(=O)(=O)c2sc(N)nc2C)c(Br)c1. The average Bonchev–Trinajstić information content (AvgIpc) is 2.64. The minimum Gasteiger partial charge on any atom is -0.375 e. The Morgan fingerprint density at radius 2 is 1.95 bits per heavy atom. The van der Waals surface area contributed by atoms with Gasteiger partial charge in [0.25, 0.3) is 10.0 Å². The van der Waals surface area contributed by atoms with E-state index in [0.29, 0.717) is 15.9 Å². The quantitative estimate of drug-likeness (QED) is 0.862. The van der Waals surface area contributed by atoms with Gasteiger partial charge in [-0.25, -0.2) is 13.4 Å². The molecule has 3 N–H and O–H groups in total. The van der Waals surface area contributed by atoms with Gasteiger partial charge in [0.1, 0.15) is 0 Å². The fraction of sp³-hybridized carbons (Fsp3) is 0.250. The first-order valence-corrected chi connectivity index (χ1v) is 8.82. The standard InChI is InChI=1S/C12H14BrN3O2S2/c1-6-4-7(2)10(9(13)5-6)16-20(17,18)11-8(3)15-12(14)19-11/h4-5,16H,1-3H3,(H2,14,15). The van der Waals surface area contributed by atoms with Crippen molar-refractivity contribution in [1.82, 2.24) is 4.98 Å². The summed E-state index contributed by atoms with van der Waals surface area (Å²) < 4.78 is 28.3. The van der Waals surface area contributed by atoms with E-state index in [1.165, 1.54) is 0 Å².